The largest absolute Gasteiger partial charge is 0.481 e. The van der Waals surface area contributed by atoms with Gasteiger partial charge in [-0.25, -0.2) is 9.97 Å². The van der Waals surface area contributed by atoms with Gasteiger partial charge in [0.25, 0.3) is 5.91 Å². The predicted molar refractivity (Wildman–Crippen MR) is 131 cm³/mol. The summed E-state index contributed by atoms with van der Waals surface area (Å²) < 4.78 is 38.4. The number of anilines is 3. The summed E-state index contributed by atoms with van der Waals surface area (Å²) in [6.45, 7) is 0. The molecule has 0 saturated heterocycles. The Kier molecular flexibility index (Phi) is 8.01. The molecule has 2 N–H and O–H groups in total. The van der Waals surface area contributed by atoms with E-state index >= 15 is 0 Å². The number of nitrogens with one attached hydrogen (secondary N) is 1. The smallest absolute Gasteiger partial charge is 0.395 e. The fraction of sp³-hybridized carbons (Fsp3) is 0.360. The highest BCUT2D eigenvalue weighted by molar-refractivity contribution is 6.05. The predicted octanol–water partition coefficient (Wildman–Crippen LogP) is 3.83. The lowest BCUT2D eigenvalue weighted by Crippen LogP contribution is -2.23. The van der Waals surface area contributed by atoms with Crippen LogP contribution < -0.4 is 15.1 Å². The zero-order valence-electron chi connectivity index (χ0n) is 20.4. The molecule has 0 fully saturated rings. The molecule has 1 aliphatic rings. The van der Waals surface area contributed by atoms with Crippen LogP contribution in [0.1, 0.15) is 23.4 Å². The number of halogens is 3. The number of hydrogen-bond donors (Lipinski definition) is 2. The summed E-state index contributed by atoms with van der Waals surface area (Å²) >= 11 is 0. The Morgan fingerprint density at radius 1 is 1.06 bits per heavy atom. The first-order valence-electron chi connectivity index (χ1n) is 11.2. The van der Waals surface area contributed by atoms with Crippen LogP contribution in [0.5, 0.6) is 0 Å². The van der Waals surface area contributed by atoms with Gasteiger partial charge in [-0.2, -0.15) is 13.2 Å². The Balaban J connectivity index is 1.73. The van der Waals surface area contributed by atoms with E-state index < -0.39 is 24.0 Å². The van der Waals surface area contributed by atoms with E-state index in [0.29, 0.717) is 35.1 Å². The molecule has 1 aromatic heterocycles. The number of carboxylic acids is 1. The molecule has 1 unspecified atom stereocenters. The molecule has 0 radical (unpaired) electrons. The molecule has 1 amide bonds. The highest BCUT2D eigenvalue weighted by atomic mass is 19.4. The van der Waals surface area contributed by atoms with Crippen LogP contribution in [0.3, 0.4) is 0 Å². The summed E-state index contributed by atoms with van der Waals surface area (Å²) in [6, 6.07) is 6.97. The Morgan fingerprint density at radius 2 is 1.64 bits per heavy atom. The zero-order chi connectivity index (χ0) is 26.6. The van der Waals surface area contributed by atoms with Crippen molar-refractivity contribution in [1.82, 2.24) is 9.97 Å². The lowest BCUT2D eigenvalue weighted by atomic mass is 9.96. The Hall–Kier alpha value is -3.89. The summed E-state index contributed by atoms with van der Waals surface area (Å²) in [5.74, 6) is -1.48. The topological polar surface area (TPSA) is 98.7 Å². The average Bonchev–Trinajstić information content (AvgIpc) is 2.80. The molecule has 1 heterocycles. The van der Waals surface area contributed by atoms with Gasteiger partial charge >= 0.3 is 12.1 Å². The molecule has 3 rings (SSSR count). The van der Waals surface area contributed by atoms with Crippen LogP contribution in [-0.4, -0.2) is 61.3 Å². The van der Waals surface area contributed by atoms with Gasteiger partial charge in [-0.15, -0.1) is 0 Å². The van der Waals surface area contributed by atoms with Crippen molar-refractivity contribution < 1.29 is 27.9 Å². The van der Waals surface area contributed by atoms with Crippen molar-refractivity contribution in [3.05, 3.63) is 65.0 Å². The number of carbonyl (C=O) groups excluding carboxylic acids is 1. The molecule has 0 saturated carbocycles. The Labute approximate surface area is 207 Å². The van der Waals surface area contributed by atoms with E-state index in [0.717, 1.165) is 11.6 Å². The van der Waals surface area contributed by atoms with Crippen LogP contribution in [0.15, 0.2) is 48.1 Å². The number of hydrogen-bond acceptors (Lipinski definition) is 6. The van der Waals surface area contributed by atoms with Crippen LogP contribution in [0.2, 0.25) is 0 Å². The van der Waals surface area contributed by atoms with Crippen LogP contribution in [0.25, 0.3) is 0 Å². The number of nitrogens with zero attached hydrogens (tertiary/aromatic N) is 4. The highest BCUT2D eigenvalue weighted by Crippen LogP contribution is 2.33. The second-order valence-electron chi connectivity index (χ2n) is 8.86. The van der Waals surface area contributed by atoms with Crippen LogP contribution >= 0.6 is 0 Å². The van der Waals surface area contributed by atoms with Gasteiger partial charge in [0.1, 0.15) is 17.5 Å². The number of benzene rings is 1. The fourth-order valence-corrected chi connectivity index (χ4v) is 3.76. The molecule has 192 valence electrons. The molecular weight excluding hydrogens is 475 g/mol. The number of rotatable bonds is 8. The second-order valence-corrected chi connectivity index (χ2v) is 8.86. The number of aromatic nitrogens is 2. The summed E-state index contributed by atoms with van der Waals surface area (Å²) in [6.07, 6.45) is -0.945. The molecule has 1 atom stereocenters. The summed E-state index contributed by atoms with van der Waals surface area (Å²) in [5, 5.41) is 12.0. The van der Waals surface area contributed by atoms with Gasteiger partial charge in [0.05, 0.1) is 12.3 Å². The zero-order valence-corrected chi connectivity index (χ0v) is 20.4. The fourth-order valence-electron chi connectivity index (χ4n) is 3.76. The van der Waals surface area contributed by atoms with Gasteiger partial charge in [-0.3, -0.25) is 9.59 Å². The molecule has 1 aromatic carbocycles. The van der Waals surface area contributed by atoms with Crippen LogP contribution in [0.4, 0.5) is 30.5 Å². The maximum Gasteiger partial charge on any atom is 0.395 e. The van der Waals surface area contributed by atoms with Crippen LogP contribution in [-0.2, 0) is 22.4 Å². The van der Waals surface area contributed by atoms with Crippen molar-refractivity contribution in [1.29, 1.82) is 0 Å². The molecule has 1 aliphatic carbocycles. The first-order valence-corrected chi connectivity index (χ1v) is 11.2. The number of aliphatic carboxylic acids is 1. The Bertz CT molecular complexity index is 1160. The number of amides is 1. The molecular formula is C25H28F3N5O3. The normalized spacial score (nSPS) is 15.3. The second kappa shape index (κ2) is 10.8. The molecule has 8 nitrogen and oxygen atoms in total. The lowest BCUT2D eigenvalue weighted by molar-refractivity contribution is -0.160. The van der Waals surface area contributed by atoms with Crippen molar-refractivity contribution in [2.24, 2.45) is 5.92 Å². The molecule has 11 heteroatoms. The van der Waals surface area contributed by atoms with Gasteiger partial charge in [-0.1, -0.05) is 30.4 Å². The first kappa shape index (κ1) is 26.7. The van der Waals surface area contributed by atoms with Gasteiger partial charge in [0, 0.05) is 51.4 Å². The molecule has 0 spiro atoms. The van der Waals surface area contributed by atoms with E-state index in [1.165, 1.54) is 12.2 Å². The van der Waals surface area contributed by atoms with Crippen molar-refractivity contribution in [2.75, 3.05) is 43.3 Å². The number of carbonyl (C=O) groups is 2. The van der Waals surface area contributed by atoms with Gasteiger partial charge in [0.2, 0.25) is 0 Å². The lowest BCUT2D eigenvalue weighted by Gasteiger charge is -2.22. The highest BCUT2D eigenvalue weighted by Gasteiger charge is 2.38. The van der Waals surface area contributed by atoms with E-state index in [-0.39, 0.29) is 18.4 Å². The Morgan fingerprint density at radius 3 is 2.08 bits per heavy atom. The van der Waals surface area contributed by atoms with Crippen molar-refractivity contribution in [3.63, 3.8) is 0 Å². The third-order valence-corrected chi connectivity index (χ3v) is 5.54. The van der Waals surface area contributed by atoms with Crippen LogP contribution in [0, 0.1) is 5.92 Å². The standard InChI is InChI=1S/C25H28F3N5O3/c1-32(2)22-19(14-21(34)35)23(33(3)4)31-20(30-22)13-15-5-11-18(12-6-15)29-24(36)16-7-9-17(10-8-16)25(26,27)28/h5-9,11-12,17H,10,13-14H2,1-4H3,(H,29,36)(H,34,35). The molecule has 0 bridgehead atoms. The number of alkyl halides is 3. The van der Waals surface area contributed by atoms with E-state index in [1.807, 2.05) is 0 Å². The monoisotopic (exact) mass is 503 g/mol. The van der Waals surface area contributed by atoms with E-state index in [1.54, 1.807) is 62.3 Å². The first-order chi connectivity index (χ1) is 16.8. The third-order valence-electron chi connectivity index (χ3n) is 5.54. The van der Waals surface area contributed by atoms with Gasteiger partial charge in [-0.05, 0) is 24.1 Å². The van der Waals surface area contributed by atoms with E-state index in [9.17, 15) is 27.9 Å². The average molecular weight is 504 g/mol. The molecule has 2 aromatic rings. The SMILES string of the molecule is CN(C)c1nc(Cc2ccc(NC(=O)C3=CCC(C(F)(F)F)C=C3)cc2)nc(N(C)C)c1CC(=O)O. The van der Waals surface area contributed by atoms with Gasteiger partial charge in [0.15, 0.2) is 0 Å². The minimum Gasteiger partial charge on any atom is -0.481 e. The van der Waals surface area contributed by atoms with E-state index in [2.05, 4.69) is 15.3 Å². The molecule has 36 heavy (non-hydrogen) atoms. The summed E-state index contributed by atoms with van der Waals surface area (Å²) in [7, 11) is 7.15. The van der Waals surface area contributed by atoms with Crippen molar-refractivity contribution >= 4 is 29.2 Å². The number of carboxylic acid groups (broad SMARTS) is 1. The number of allylic oxidation sites excluding steroid dienone is 2. The summed E-state index contributed by atoms with van der Waals surface area (Å²) in [5.41, 5.74) is 2.06. The van der Waals surface area contributed by atoms with E-state index in [4.69, 9.17) is 0 Å². The maximum atomic E-state index is 12.8. The molecule has 0 aliphatic heterocycles. The maximum absolute atomic E-state index is 12.8. The van der Waals surface area contributed by atoms with Crippen molar-refractivity contribution in [3.8, 4) is 0 Å². The minimum absolute atomic E-state index is 0.182. The minimum atomic E-state index is -4.33. The quantitative estimate of drug-likeness (QED) is 0.565. The third kappa shape index (κ3) is 6.61. The van der Waals surface area contributed by atoms with Crippen molar-refractivity contribution in [2.45, 2.75) is 25.4 Å². The summed E-state index contributed by atoms with van der Waals surface area (Å²) in [4.78, 5) is 36.5. The van der Waals surface area contributed by atoms with Gasteiger partial charge < -0.3 is 20.2 Å².